The van der Waals surface area contributed by atoms with E-state index in [1.807, 2.05) is 0 Å². The molecule has 1 aromatic heterocycles. The molecule has 0 saturated carbocycles. The molecular weight excluding hydrogens is 264 g/mol. The van der Waals surface area contributed by atoms with E-state index in [-0.39, 0.29) is 4.90 Å². The summed E-state index contributed by atoms with van der Waals surface area (Å²) < 4.78 is 27.5. The van der Waals surface area contributed by atoms with Crippen LogP contribution in [0.25, 0.3) is 0 Å². The molecule has 0 aromatic carbocycles. The number of nitrogens with two attached hydrogens (primary N) is 1. The summed E-state index contributed by atoms with van der Waals surface area (Å²) in [5.74, 6) is 0.431. The van der Waals surface area contributed by atoms with Gasteiger partial charge in [0.2, 0.25) is 15.9 Å². The molecule has 1 aromatic rings. The molecule has 0 radical (unpaired) electrons. The van der Waals surface area contributed by atoms with E-state index in [1.165, 1.54) is 44.0 Å². The maximum atomic E-state index is 11.0. The first-order chi connectivity index (χ1) is 9.04. The van der Waals surface area contributed by atoms with Crippen LogP contribution >= 0.6 is 0 Å². The van der Waals surface area contributed by atoms with Crippen LogP contribution in [-0.4, -0.2) is 20.0 Å². The Balaban J connectivity index is 2.23. The van der Waals surface area contributed by atoms with Crippen LogP contribution in [0.1, 0.15) is 45.4 Å². The minimum absolute atomic E-state index is 0.000541. The summed E-state index contributed by atoms with van der Waals surface area (Å²) in [6.07, 6.45) is 8.39. The number of aromatic nitrogens is 1. The third-order valence-electron chi connectivity index (χ3n) is 2.79. The number of pyridine rings is 1. The molecule has 0 bridgehead atoms. The third kappa shape index (κ3) is 6.54. The normalized spacial score (nSPS) is 11.5. The van der Waals surface area contributed by atoms with Crippen LogP contribution in [-0.2, 0) is 10.0 Å². The molecule has 0 amide bonds. The van der Waals surface area contributed by atoms with E-state index in [0.29, 0.717) is 12.5 Å². The van der Waals surface area contributed by atoms with E-state index in [4.69, 9.17) is 9.88 Å². The van der Waals surface area contributed by atoms with E-state index in [2.05, 4.69) is 11.9 Å². The van der Waals surface area contributed by atoms with E-state index >= 15 is 0 Å². The molecule has 0 aliphatic carbocycles. The second kappa shape index (κ2) is 8.12. The van der Waals surface area contributed by atoms with E-state index in [0.717, 1.165) is 12.8 Å². The van der Waals surface area contributed by atoms with Crippen molar-refractivity contribution in [2.75, 3.05) is 6.61 Å². The molecule has 2 N–H and O–H groups in total. The molecule has 108 valence electrons. The summed E-state index contributed by atoms with van der Waals surface area (Å²) in [5.41, 5.74) is 0. The zero-order valence-corrected chi connectivity index (χ0v) is 12.2. The van der Waals surface area contributed by atoms with Crippen molar-refractivity contribution in [3.63, 3.8) is 0 Å². The molecule has 1 heterocycles. The summed E-state index contributed by atoms with van der Waals surface area (Å²) >= 11 is 0. The molecule has 6 heteroatoms. The summed E-state index contributed by atoms with van der Waals surface area (Å²) in [6, 6.07) is 2.93. The van der Waals surface area contributed by atoms with Gasteiger partial charge in [-0.05, 0) is 12.5 Å². The van der Waals surface area contributed by atoms with Gasteiger partial charge in [-0.25, -0.2) is 18.5 Å². The van der Waals surface area contributed by atoms with Gasteiger partial charge in [0, 0.05) is 6.07 Å². The number of ether oxygens (including phenoxy) is 1. The van der Waals surface area contributed by atoms with E-state index < -0.39 is 10.0 Å². The van der Waals surface area contributed by atoms with E-state index in [9.17, 15) is 8.42 Å². The fourth-order valence-corrected chi connectivity index (χ4v) is 2.14. The lowest BCUT2D eigenvalue weighted by atomic mass is 10.1. The lowest BCUT2D eigenvalue weighted by molar-refractivity contribution is 0.293. The number of nitrogens with zero attached hydrogens (tertiary/aromatic N) is 1. The Morgan fingerprint density at radius 2 is 1.84 bits per heavy atom. The fraction of sp³-hybridized carbons (Fsp3) is 0.615. The van der Waals surface area contributed by atoms with Crippen molar-refractivity contribution in [2.45, 2.75) is 50.3 Å². The monoisotopic (exact) mass is 286 g/mol. The van der Waals surface area contributed by atoms with Gasteiger partial charge in [0.05, 0.1) is 12.8 Å². The number of sulfonamides is 1. The van der Waals surface area contributed by atoms with Crippen molar-refractivity contribution in [1.82, 2.24) is 4.98 Å². The molecule has 1 rings (SSSR count). The van der Waals surface area contributed by atoms with Gasteiger partial charge in [-0.15, -0.1) is 0 Å². The van der Waals surface area contributed by atoms with Crippen molar-refractivity contribution < 1.29 is 13.2 Å². The molecule has 0 spiro atoms. The summed E-state index contributed by atoms with van der Waals surface area (Å²) in [4.78, 5) is 3.91. The average molecular weight is 286 g/mol. The Kier molecular flexibility index (Phi) is 6.80. The minimum atomic E-state index is -3.68. The van der Waals surface area contributed by atoms with Gasteiger partial charge in [-0.2, -0.15) is 0 Å². The molecule has 19 heavy (non-hydrogen) atoms. The standard InChI is InChI=1S/C13H22N2O3S/c1-2-3-4-5-6-7-10-18-13-9-8-12(11-15-13)19(14,16)17/h8-9,11H,2-7,10H2,1H3,(H2,14,16,17). The van der Waals surface area contributed by atoms with Gasteiger partial charge in [-0.1, -0.05) is 39.0 Å². The van der Waals surface area contributed by atoms with Crippen molar-refractivity contribution in [1.29, 1.82) is 0 Å². The van der Waals surface area contributed by atoms with Gasteiger partial charge < -0.3 is 4.74 Å². The highest BCUT2D eigenvalue weighted by Gasteiger charge is 2.07. The lowest BCUT2D eigenvalue weighted by Gasteiger charge is -2.05. The van der Waals surface area contributed by atoms with Crippen LogP contribution < -0.4 is 9.88 Å². The third-order valence-corrected chi connectivity index (χ3v) is 3.68. The zero-order chi connectivity index (χ0) is 14.1. The Labute approximate surface area is 115 Å². The van der Waals surface area contributed by atoms with Gasteiger partial charge in [0.1, 0.15) is 4.90 Å². The maximum absolute atomic E-state index is 11.0. The van der Waals surface area contributed by atoms with Crippen LogP contribution in [0.2, 0.25) is 0 Å². The number of hydrogen-bond donors (Lipinski definition) is 1. The summed E-state index contributed by atoms with van der Waals surface area (Å²) in [7, 11) is -3.68. The fourth-order valence-electron chi connectivity index (χ4n) is 1.68. The van der Waals surface area contributed by atoms with Crippen LogP contribution in [0.3, 0.4) is 0 Å². The molecular formula is C13H22N2O3S. The first-order valence-corrected chi connectivity index (χ1v) is 8.20. The second-order valence-electron chi connectivity index (χ2n) is 4.49. The Morgan fingerprint density at radius 1 is 1.16 bits per heavy atom. The molecule has 0 aliphatic heterocycles. The predicted molar refractivity (Wildman–Crippen MR) is 74.5 cm³/mol. The number of hydrogen-bond acceptors (Lipinski definition) is 4. The Morgan fingerprint density at radius 3 is 2.42 bits per heavy atom. The van der Waals surface area contributed by atoms with E-state index in [1.54, 1.807) is 0 Å². The highest BCUT2D eigenvalue weighted by Crippen LogP contribution is 2.12. The van der Waals surface area contributed by atoms with Crippen molar-refractivity contribution >= 4 is 10.0 Å². The van der Waals surface area contributed by atoms with Crippen LogP contribution in [0.4, 0.5) is 0 Å². The molecule has 0 fully saturated rings. The largest absolute Gasteiger partial charge is 0.478 e. The molecule has 0 atom stereocenters. The van der Waals surface area contributed by atoms with Crippen molar-refractivity contribution in [3.8, 4) is 5.88 Å². The SMILES string of the molecule is CCCCCCCCOc1ccc(S(N)(=O)=O)cn1. The molecule has 0 saturated heterocycles. The lowest BCUT2D eigenvalue weighted by Crippen LogP contribution is -2.12. The molecule has 0 unspecified atom stereocenters. The molecule has 0 aliphatic rings. The molecule has 5 nitrogen and oxygen atoms in total. The first-order valence-electron chi connectivity index (χ1n) is 6.65. The van der Waals surface area contributed by atoms with Gasteiger partial charge in [-0.3, -0.25) is 0 Å². The average Bonchev–Trinajstić information content (AvgIpc) is 2.37. The van der Waals surface area contributed by atoms with Crippen LogP contribution in [0, 0.1) is 0 Å². The number of rotatable bonds is 9. The Hall–Kier alpha value is -1.14. The first kappa shape index (κ1) is 15.9. The summed E-state index contributed by atoms with van der Waals surface area (Å²) in [6.45, 7) is 2.80. The number of unbranched alkanes of at least 4 members (excludes halogenated alkanes) is 5. The van der Waals surface area contributed by atoms with Gasteiger partial charge in [0.15, 0.2) is 0 Å². The highest BCUT2D eigenvalue weighted by atomic mass is 32.2. The number of primary sulfonamides is 1. The smallest absolute Gasteiger partial charge is 0.239 e. The second-order valence-corrected chi connectivity index (χ2v) is 6.05. The Bertz CT molecular complexity index is 457. The van der Waals surface area contributed by atoms with Crippen molar-refractivity contribution in [2.24, 2.45) is 5.14 Å². The topological polar surface area (TPSA) is 82.3 Å². The maximum Gasteiger partial charge on any atom is 0.239 e. The summed E-state index contributed by atoms with van der Waals surface area (Å²) in [5, 5.41) is 4.98. The highest BCUT2D eigenvalue weighted by molar-refractivity contribution is 7.89. The van der Waals surface area contributed by atoms with Crippen molar-refractivity contribution in [3.05, 3.63) is 18.3 Å². The van der Waals surface area contributed by atoms with Crippen LogP contribution in [0.15, 0.2) is 23.2 Å². The quantitative estimate of drug-likeness (QED) is 0.707. The van der Waals surface area contributed by atoms with Gasteiger partial charge in [0.25, 0.3) is 0 Å². The predicted octanol–water partition coefficient (Wildman–Crippen LogP) is 2.47. The zero-order valence-electron chi connectivity index (χ0n) is 11.3. The van der Waals surface area contributed by atoms with Crippen LogP contribution in [0.5, 0.6) is 5.88 Å². The van der Waals surface area contributed by atoms with Gasteiger partial charge >= 0.3 is 0 Å². The minimum Gasteiger partial charge on any atom is -0.478 e.